The number of nitrogens with zero attached hydrogens (tertiary/aromatic N) is 1. The first kappa shape index (κ1) is 16.4. The number of hydrogen-bond acceptors (Lipinski definition) is 3. The van der Waals surface area contributed by atoms with Gasteiger partial charge >= 0.3 is 0 Å². The summed E-state index contributed by atoms with van der Waals surface area (Å²) in [6.45, 7) is 0.475. The molecule has 0 aliphatic heterocycles. The number of fused-ring (bicyclic) bond motifs is 1. The summed E-state index contributed by atoms with van der Waals surface area (Å²) in [6.07, 6.45) is 0. The molecule has 110 valence electrons. The molecule has 3 aromatic rings. The molecule has 0 aliphatic rings. The van der Waals surface area contributed by atoms with Crippen molar-refractivity contribution in [3.8, 4) is 5.75 Å². The highest BCUT2D eigenvalue weighted by atomic mass is 79.9. The molecule has 0 amide bonds. The zero-order valence-electron chi connectivity index (χ0n) is 12.0. The van der Waals surface area contributed by atoms with Crippen LogP contribution < -0.4 is 16.2 Å². The van der Waals surface area contributed by atoms with E-state index in [0.29, 0.717) is 27.5 Å². The molecule has 2 N–H and O–H groups in total. The summed E-state index contributed by atoms with van der Waals surface area (Å²) < 4.78 is 1.46. The molecule has 3 nitrogen and oxygen atoms in total. The predicted octanol–water partition coefficient (Wildman–Crippen LogP) is 2.67. The SMILES string of the molecule is [B]c1ccc(Br)cc1NCc1ccc2c([B])cc(Br)c(O)c2n1. The van der Waals surface area contributed by atoms with Crippen molar-refractivity contribution in [2.24, 2.45) is 0 Å². The summed E-state index contributed by atoms with van der Waals surface area (Å²) >= 11 is 6.69. The van der Waals surface area contributed by atoms with Gasteiger partial charge in [-0.3, -0.25) is 0 Å². The maximum atomic E-state index is 10.2. The first-order chi connectivity index (χ1) is 11.0. The number of anilines is 1. The van der Waals surface area contributed by atoms with E-state index < -0.39 is 0 Å². The van der Waals surface area contributed by atoms with Crippen LogP contribution in [0.2, 0.25) is 0 Å². The van der Waals surface area contributed by atoms with Gasteiger partial charge in [-0.1, -0.05) is 45.1 Å². The van der Waals surface area contributed by atoms with Crippen molar-refractivity contribution < 1.29 is 5.11 Å². The van der Waals surface area contributed by atoms with Crippen LogP contribution in [0, 0.1) is 0 Å². The third-order valence-electron chi connectivity index (χ3n) is 3.47. The van der Waals surface area contributed by atoms with Crippen LogP contribution in [0.25, 0.3) is 10.9 Å². The van der Waals surface area contributed by atoms with E-state index in [0.717, 1.165) is 21.2 Å². The van der Waals surface area contributed by atoms with Crippen LogP contribution in [0.4, 0.5) is 5.69 Å². The Bertz CT molecular complexity index is 903. The highest BCUT2D eigenvalue weighted by Gasteiger charge is 2.10. The Hall–Kier alpha value is -1.46. The van der Waals surface area contributed by atoms with Gasteiger partial charge in [0.1, 0.15) is 21.2 Å². The third-order valence-corrected chi connectivity index (χ3v) is 4.57. The van der Waals surface area contributed by atoms with Gasteiger partial charge < -0.3 is 10.4 Å². The first-order valence-corrected chi connectivity index (χ1v) is 8.40. The van der Waals surface area contributed by atoms with E-state index in [1.54, 1.807) is 6.07 Å². The fraction of sp³-hybridized carbons (Fsp3) is 0.0625. The number of rotatable bonds is 3. The molecule has 3 rings (SSSR count). The molecule has 0 spiro atoms. The number of aromatic nitrogens is 1. The summed E-state index contributed by atoms with van der Waals surface area (Å²) in [5.41, 5.74) is 3.28. The maximum Gasteiger partial charge on any atom is 0.155 e. The Kier molecular flexibility index (Phi) is 4.69. The lowest BCUT2D eigenvalue weighted by Crippen LogP contribution is -2.13. The second kappa shape index (κ2) is 6.57. The van der Waals surface area contributed by atoms with Gasteiger partial charge in [0, 0.05) is 10.2 Å². The standard InChI is InChI=1S/C16H10B2Br2N2O/c17-11-4-1-8(19)5-14(11)21-7-9-2-3-10-12(18)6-13(20)16(23)15(10)22-9/h1-6,21,23H,7H2. The maximum absolute atomic E-state index is 10.2. The zero-order valence-corrected chi connectivity index (χ0v) is 15.1. The first-order valence-electron chi connectivity index (χ1n) is 6.81. The van der Waals surface area contributed by atoms with Crippen LogP contribution in [0.15, 0.2) is 45.3 Å². The summed E-state index contributed by atoms with van der Waals surface area (Å²) in [5, 5.41) is 14.1. The lowest BCUT2D eigenvalue weighted by Gasteiger charge is -2.12. The summed E-state index contributed by atoms with van der Waals surface area (Å²) in [7, 11) is 11.9. The Balaban J connectivity index is 1.92. The second-order valence-electron chi connectivity index (χ2n) is 5.08. The van der Waals surface area contributed by atoms with Crippen LogP contribution >= 0.6 is 31.9 Å². The van der Waals surface area contributed by atoms with Gasteiger partial charge in [-0.05, 0) is 39.5 Å². The molecule has 0 unspecified atom stereocenters. The topological polar surface area (TPSA) is 45.1 Å². The van der Waals surface area contributed by atoms with Gasteiger partial charge in [-0.15, -0.1) is 0 Å². The average Bonchev–Trinajstić information content (AvgIpc) is 2.53. The molecule has 23 heavy (non-hydrogen) atoms. The van der Waals surface area contributed by atoms with Crippen LogP contribution in [-0.4, -0.2) is 25.8 Å². The van der Waals surface area contributed by atoms with E-state index in [9.17, 15) is 5.11 Å². The van der Waals surface area contributed by atoms with Crippen molar-refractivity contribution >= 4 is 75.1 Å². The lowest BCUT2D eigenvalue weighted by molar-refractivity contribution is 0.477. The minimum absolute atomic E-state index is 0.0815. The number of hydrogen-bond donors (Lipinski definition) is 2. The predicted molar refractivity (Wildman–Crippen MR) is 103 cm³/mol. The van der Waals surface area contributed by atoms with Crippen molar-refractivity contribution in [3.05, 3.63) is 51.0 Å². The smallest absolute Gasteiger partial charge is 0.155 e. The van der Waals surface area contributed by atoms with Crippen LogP contribution in [0.1, 0.15) is 5.69 Å². The number of halogens is 2. The minimum atomic E-state index is 0.0815. The summed E-state index contributed by atoms with van der Waals surface area (Å²) in [4.78, 5) is 4.49. The molecule has 4 radical (unpaired) electrons. The molecule has 0 saturated carbocycles. The Labute approximate surface area is 153 Å². The van der Waals surface area contributed by atoms with Crippen LogP contribution in [0.3, 0.4) is 0 Å². The highest BCUT2D eigenvalue weighted by molar-refractivity contribution is 9.10. The molecule has 0 fully saturated rings. The Morgan fingerprint density at radius 1 is 1.04 bits per heavy atom. The largest absolute Gasteiger partial charge is 0.505 e. The van der Waals surface area contributed by atoms with Crippen LogP contribution in [-0.2, 0) is 6.54 Å². The highest BCUT2D eigenvalue weighted by Crippen LogP contribution is 2.30. The molecule has 0 saturated heterocycles. The van der Waals surface area contributed by atoms with Gasteiger partial charge in [0.25, 0.3) is 0 Å². The fourth-order valence-electron chi connectivity index (χ4n) is 2.27. The average molecular weight is 428 g/mol. The van der Waals surface area contributed by atoms with Crippen molar-refractivity contribution in [3.63, 3.8) is 0 Å². The van der Waals surface area contributed by atoms with Gasteiger partial charge in [0.2, 0.25) is 0 Å². The monoisotopic (exact) mass is 426 g/mol. The number of pyridine rings is 1. The second-order valence-corrected chi connectivity index (χ2v) is 6.85. The van der Waals surface area contributed by atoms with E-state index in [4.69, 9.17) is 15.7 Å². The normalized spacial score (nSPS) is 10.9. The minimum Gasteiger partial charge on any atom is -0.505 e. The van der Waals surface area contributed by atoms with E-state index >= 15 is 0 Å². The van der Waals surface area contributed by atoms with E-state index in [2.05, 4.69) is 42.2 Å². The van der Waals surface area contributed by atoms with Gasteiger partial charge in [-0.2, -0.15) is 0 Å². The number of nitrogens with one attached hydrogen (secondary N) is 1. The number of phenolic OH excluding ortho intramolecular Hbond substituents is 1. The van der Waals surface area contributed by atoms with Gasteiger partial charge in [0.05, 0.1) is 16.7 Å². The Morgan fingerprint density at radius 3 is 2.61 bits per heavy atom. The molecule has 0 aliphatic carbocycles. The van der Waals surface area contributed by atoms with Crippen molar-refractivity contribution in [1.82, 2.24) is 4.98 Å². The van der Waals surface area contributed by atoms with E-state index in [1.165, 1.54) is 0 Å². The number of phenols is 1. The third kappa shape index (κ3) is 3.40. The Morgan fingerprint density at radius 2 is 1.83 bits per heavy atom. The molecule has 0 atom stereocenters. The van der Waals surface area contributed by atoms with E-state index in [1.807, 2.05) is 30.3 Å². The molecule has 1 aromatic heterocycles. The summed E-state index contributed by atoms with van der Waals surface area (Å²) in [5.74, 6) is 0.0815. The number of benzene rings is 2. The molecule has 0 bridgehead atoms. The summed E-state index contributed by atoms with van der Waals surface area (Å²) in [6, 6.07) is 11.0. The molecular formula is C16H10B2Br2N2O. The molecule has 2 aromatic carbocycles. The van der Waals surface area contributed by atoms with Gasteiger partial charge in [-0.25, -0.2) is 4.98 Å². The van der Waals surface area contributed by atoms with Crippen molar-refractivity contribution in [2.75, 3.05) is 5.32 Å². The van der Waals surface area contributed by atoms with Crippen LogP contribution in [0.5, 0.6) is 5.75 Å². The van der Waals surface area contributed by atoms with Crippen molar-refractivity contribution in [2.45, 2.75) is 6.54 Å². The van der Waals surface area contributed by atoms with E-state index in [-0.39, 0.29) is 5.75 Å². The molecule has 1 heterocycles. The quantitative estimate of drug-likeness (QED) is 0.632. The molecular weight excluding hydrogens is 418 g/mol. The van der Waals surface area contributed by atoms with Crippen molar-refractivity contribution in [1.29, 1.82) is 0 Å². The molecule has 7 heteroatoms. The van der Waals surface area contributed by atoms with Gasteiger partial charge in [0.15, 0.2) is 5.75 Å². The lowest BCUT2D eigenvalue weighted by atomic mass is 9.91. The zero-order chi connectivity index (χ0) is 16.6. The number of aromatic hydroxyl groups is 1. The fourth-order valence-corrected chi connectivity index (χ4v) is 3.07.